The Bertz CT molecular complexity index is 263. The van der Waals surface area contributed by atoms with Crippen molar-refractivity contribution < 1.29 is 8.85 Å². The fourth-order valence-corrected chi connectivity index (χ4v) is 5.97. The second-order valence-electron chi connectivity index (χ2n) is 5.08. The Morgan fingerprint density at radius 2 is 1.88 bits per heavy atom. The summed E-state index contributed by atoms with van der Waals surface area (Å²) in [6.07, 6.45) is 1.89. The van der Waals surface area contributed by atoms with Crippen LogP contribution in [0.2, 0.25) is 5.04 Å². The van der Waals surface area contributed by atoms with E-state index in [1.54, 1.807) is 14.2 Å². The van der Waals surface area contributed by atoms with Crippen LogP contribution in [0.3, 0.4) is 0 Å². The molecule has 0 unspecified atom stereocenters. The van der Waals surface area contributed by atoms with E-state index in [9.17, 15) is 0 Å². The van der Waals surface area contributed by atoms with E-state index in [1.165, 1.54) is 0 Å². The van der Waals surface area contributed by atoms with Crippen molar-refractivity contribution in [3.63, 3.8) is 0 Å². The van der Waals surface area contributed by atoms with Gasteiger partial charge in [0.2, 0.25) is 0 Å². The van der Waals surface area contributed by atoms with Crippen molar-refractivity contribution in [2.24, 2.45) is 10.9 Å². The maximum atomic E-state index is 5.85. The molecule has 0 radical (unpaired) electrons. The van der Waals surface area contributed by atoms with Gasteiger partial charge in [0.15, 0.2) is 0 Å². The van der Waals surface area contributed by atoms with Gasteiger partial charge in [0.25, 0.3) is 0 Å². The maximum absolute atomic E-state index is 5.85. The molecule has 0 fully saturated rings. The summed E-state index contributed by atoms with van der Waals surface area (Å²) in [5, 5.41) is 0.00681. The maximum Gasteiger partial charge on any atom is 0.465 e. The van der Waals surface area contributed by atoms with Gasteiger partial charge in [0.05, 0.1) is 12.9 Å². The highest BCUT2D eigenvalue weighted by atomic mass is 28.4. The zero-order valence-corrected chi connectivity index (χ0v) is 12.3. The molecule has 0 aromatic heterocycles. The van der Waals surface area contributed by atoms with Gasteiger partial charge in [0, 0.05) is 25.8 Å². The number of aliphatic imine (C=N–C) groups is 1. The molecule has 0 amide bonds. The molecule has 5 heteroatoms. The van der Waals surface area contributed by atoms with E-state index in [2.05, 4.69) is 37.3 Å². The van der Waals surface area contributed by atoms with Crippen molar-refractivity contribution in [3.8, 4) is 0 Å². The Morgan fingerprint density at radius 3 is 2.19 bits per heavy atom. The van der Waals surface area contributed by atoms with Crippen LogP contribution in [0.5, 0.6) is 0 Å². The van der Waals surface area contributed by atoms with Crippen LogP contribution < -0.4 is 0 Å². The molecule has 0 bridgehead atoms. The molecule has 94 valence electrons. The predicted octanol–water partition coefficient (Wildman–Crippen LogP) is 2.00. The smallest absolute Gasteiger partial charge is 0.381 e. The summed E-state index contributed by atoms with van der Waals surface area (Å²) in [6.45, 7) is 10.6. The van der Waals surface area contributed by atoms with Crippen molar-refractivity contribution in [2.45, 2.75) is 32.7 Å². The summed E-state index contributed by atoms with van der Waals surface area (Å²) in [4.78, 5) is 4.28. The molecule has 0 N–H and O–H groups in total. The molecule has 0 aliphatic carbocycles. The Labute approximate surface area is 100.0 Å². The van der Waals surface area contributed by atoms with Gasteiger partial charge >= 0.3 is 8.72 Å². The average Bonchev–Trinajstić information content (AvgIpc) is 2.73. The number of rotatable bonds is 5. The van der Waals surface area contributed by atoms with Gasteiger partial charge in [-0.05, 0) is 5.92 Å². The molecular weight excluding hydrogens is 220 g/mol. The summed E-state index contributed by atoms with van der Waals surface area (Å²) in [6, 6.07) is 0. The van der Waals surface area contributed by atoms with Gasteiger partial charge in [-0.2, -0.15) is 0 Å². The van der Waals surface area contributed by atoms with Crippen molar-refractivity contribution >= 4 is 15.1 Å². The molecule has 0 aromatic carbocycles. The zero-order chi connectivity index (χ0) is 12.4. The molecule has 1 rings (SSSR count). The normalized spacial score (nSPS) is 17.6. The topological polar surface area (TPSA) is 34.1 Å². The Kier molecular flexibility index (Phi) is 4.15. The van der Waals surface area contributed by atoms with Gasteiger partial charge in [0.1, 0.15) is 0 Å². The van der Waals surface area contributed by atoms with Crippen LogP contribution in [-0.2, 0) is 8.85 Å². The van der Waals surface area contributed by atoms with Crippen LogP contribution in [0, 0.1) is 5.92 Å². The fourth-order valence-electron chi connectivity index (χ4n) is 2.18. The minimum absolute atomic E-state index is 0.00681. The number of hydrogen-bond acceptors (Lipinski definition) is 4. The van der Waals surface area contributed by atoms with Crippen LogP contribution >= 0.6 is 0 Å². The van der Waals surface area contributed by atoms with E-state index in [0.29, 0.717) is 5.92 Å². The van der Waals surface area contributed by atoms with Crippen LogP contribution in [0.1, 0.15) is 27.7 Å². The van der Waals surface area contributed by atoms with Crippen molar-refractivity contribution in [1.82, 2.24) is 4.57 Å². The van der Waals surface area contributed by atoms with Crippen LogP contribution in [0.25, 0.3) is 0 Å². The second-order valence-corrected chi connectivity index (χ2v) is 8.92. The molecule has 1 heterocycles. The SMILES string of the molecule is CO[Si](OC)(N1C=NCC1)C(C)(C)C(C)C. The summed E-state index contributed by atoms with van der Waals surface area (Å²) in [7, 11) is 1.09. The highest BCUT2D eigenvalue weighted by Crippen LogP contribution is 2.46. The molecule has 0 atom stereocenters. The van der Waals surface area contributed by atoms with Gasteiger partial charge < -0.3 is 13.4 Å². The molecule has 0 spiro atoms. The first kappa shape index (κ1) is 13.7. The van der Waals surface area contributed by atoms with Crippen molar-refractivity contribution in [1.29, 1.82) is 0 Å². The molecule has 0 aromatic rings. The largest absolute Gasteiger partial charge is 0.465 e. The monoisotopic (exact) mass is 244 g/mol. The average molecular weight is 244 g/mol. The minimum Gasteiger partial charge on any atom is -0.381 e. The van der Waals surface area contributed by atoms with E-state index in [0.717, 1.165) is 13.1 Å². The first-order valence-corrected chi connectivity index (χ1v) is 7.55. The van der Waals surface area contributed by atoms with E-state index in [1.807, 2.05) is 6.34 Å². The Morgan fingerprint density at radius 1 is 1.31 bits per heavy atom. The third-order valence-electron chi connectivity index (χ3n) is 3.88. The molecule has 1 aliphatic rings. The lowest BCUT2D eigenvalue weighted by molar-refractivity contribution is 0.151. The highest BCUT2D eigenvalue weighted by molar-refractivity contribution is 6.69. The van der Waals surface area contributed by atoms with Crippen LogP contribution in [-0.4, -0.2) is 46.9 Å². The van der Waals surface area contributed by atoms with E-state index >= 15 is 0 Å². The summed E-state index contributed by atoms with van der Waals surface area (Å²) in [5.41, 5.74) is 0. The van der Waals surface area contributed by atoms with Gasteiger partial charge in [-0.1, -0.05) is 27.7 Å². The molecule has 1 aliphatic heterocycles. The minimum atomic E-state index is -2.42. The molecule has 0 saturated carbocycles. The first-order valence-electron chi connectivity index (χ1n) is 5.79. The predicted molar refractivity (Wildman–Crippen MR) is 68.7 cm³/mol. The summed E-state index contributed by atoms with van der Waals surface area (Å²) >= 11 is 0. The van der Waals surface area contributed by atoms with Crippen molar-refractivity contribution in [2.75, 3.05) is 27.3 Å². The lowest BCUT2D eigenvalue weighted by Crippen LogP contribution is -2.64. The van der Waals surface area contributed by atoms with E-state index in [4.69, 9.17) is 8.85 Å². The lowest BCUT2D eigenvalue weighted by Gasteiger charge is -2.47. The first-order chi connectivity index (χ1) is 7.42. The summed E-state index contributed by atoms with van der Waals surface area (Å²) in [5.74, 6) is 0.494. The van der Waals surface area contributed by atoms with Crippen LogP contribution in [0.15, 0.2) is 4.99 Å². The van der Waals surface area contributed by atoms with Crippen LogP contribution in [0.4, 0.5) is 0 Å². The van der Waals surface area contributed by atoms with E-state index < -0.39 is 8.72 Å². The summed E-state index contributed by atoms with van der Waals surface area (Å²) < 4.78 is 13.9. The van der Waals surface area contributed by atoms with Gasteiger partial charge in [-0.25, -0.2) is 0 Å². The number of hydrogen-bond donors (Lipinski definition) is 0. The third kappa shape index (κ3) is 1.91. The standard InChI is InChI=1S/C11H24N2O2Si/c1-10(2)11(3,4)16(14-5,15-6)13-8-7-12-9-13/h9-10H,7-8H2,1-6H3. The van der Waals surface area contributed by atoms with Crippen molar-refractivity contribution in [3.05, 3.63) is 0 Å². The lowest BCUT2D eigenvalue weighted by atomic mass is 9.99. The zero-order valence-electron chi connectivity index (χ0n) is 11.3. The molecule has 4 nitrogen and oxygen atoms in total. The van der Waals surface area contributed by atoms with E-state index in [-0.39, 0.29) is 5.04 Å². The third-order valence-corrected chi connectivity index (χ3v) is 8.29. The molecule has 16 heavy (non-hydrogen) atoms. The molecule has 0 saturated heterocycles. The molecular formula is C11H24N2O2Si. The fraction of sp³-hybridized carbons (Fsp3) is 0.909. The van der Waals surface area contributed by atoms with Gasteiger partial charge in [-0.3, -0.25) is 4.99 Å². The number of nitrogens with zero attached hydrogens (tertiary/aromatic N) is 2. The Hall–Kier alpha value is -0.393. The Balaban J connectivity index is 3.08. The second kappa shape index (κ2) is 4.85. The quantitative estimate of drug-likeness (QED) is 0.694. The van der Waals surface area contributed by atoms with Gasteiger partial charge in [-0.15, -0.1) is 0 Å². The highest BCUT2D eigenvalue weighted by Gasteiger charge is 2.58.